The van der Waals surface area contributed by atoms with Gasteiger partial charge in [0.15, 0.2) is 5.69 Å². The zero-order valence-electron chi connectivity index (χ0n) is 22.2. The molecular formula is C28H35N7O2. The highest BCUT2D eigenvalue weighted by Crippen LogP contribution is 2.33. The number of benzene rings is 1. The second-order valence-corrected chi connectivity index (χ2v) is 10.6. The minimum atomic E-state index is -0.252. The second-order valence-electron chi connectivity index (χ2n) is 10.6. The molecule has 37 heavy (non-hydrogen) atoms. The molecule has 2 amide bonds. The van der Waals surface area contributed by atoms with E-state index in [0.29, 0.717) is 17.8 Å². The van der Waals surface area contributed by atoms with Gasteiger partial charge in [-0.05, 0) is 63.8 Å². The van der Waals surface area contributed by atoms with Gasteiger partial charge in [-0.1, -0.05) is 30.0 Å². The first-order valence-electron chi connectivity index (χ1n) is 12.5. The number of pyridine rings is 1. The quantitative estimate of drug-likeness (QED) is 0.479. The van der Waals surface area contributed by atoms with E-state index >= 15 is 0 Å². The van der Waals surface area contributed by atoms with Gasteiger partial charge in [-0.2, -0.15) is 0 Å². The molecule has 1 aliphatic rings. The minimum absolute atomic E-state index is 0.0787. The van der Waals surface area contributed by atoms with Crippen LogP contribution in [0, 0.1) is 6.92 Å². The lowest BCUT2D eigenvalue weighted by molar-refractivity contribution is -0.118. The molecule has 194 valence electrons. The number of amides is 2. The molecule has 3 heterocycles. The summed E-state index contributed by atoms with van der Waals surface area (Å²) in [5.74, 6) is -0.354. The highest BCUT2D eigenvalue weighted by Gasteiger charge is 2.26. The Morgan fingerprint density at radius 1 is 1.22 bits per heavy atom. The lowest BCUT2D eigenvalue weighted by Gasteiger charge is -2.22. The minimum Gasteiger partial charge on any atom is -0.368 e. The molecule has 1 fully saturated rings. The van der Waals surface area contributed by atoms with Crippen LogP contribution < -0.4 is 15.5 Å². The van der Waals surface area contributed by atoms with Crippen LogP contribution in [0.2, 0.25) is 0 Å². The van der Waals surface area contributed by atoms with Gasteiger partial charge in [0, 0.05) is 43.0 Å². The lowest BCUT2D eigenvalue weighted by Crippen LogP contribution is -2.37. The molecule has 0 bridgehead atoms. The normalized spacial score (nSPS) is 15.5. The summed E-state index contributed by atoms with van der Waals surface area (Å²) in [6, 6.07) is 8.34. The zero-order valence-corrected chi connectivity index (χ0v) is 22.2. The third-order valence-corrected chi connectivity index (χ3v) is 6.56. The SMILES string of the molecule is C=C(C)C(=O)NC1CCN(c2cnccc2-c2ccc(CNC(=O)c3cn(C(C)(C)C)nn3)c(C)c2)C1. The van der Waals surface area contributed by atoms with E-state index in [1.54, 1.807) is 24.0 Å². The lowest BCUT2D eigenvalue weighted by atomic mass is 9.99. The van der Waals surface area contributed by atoms with Crippen molar-refractivity contribution in [3.05, 3.63) is 71.8 Å². The van der Waals surface area contributed by atoms with Crippen molar-refractivity contribution in [2.75, 3.05) is 18.0 Å². The second kappa shape index (κ2) is 10.5. The first-order valence-corrected chi connectivity index (χ1v) is 12.5. The van der Waals surface area contributed by atoms with E-state index in [2.05, 4.69) is 49.5 Å². The third-order valence-electron chi connectivity index (χ3n) is 6.56. The smallest absolute Gasteiger partial charge is 0.273 e. The van der Waals surface area contributed by atoms with Gasteiger partial charge in [-0.15, -0.1) is 5.10 Å². The molecule has 0 saturated carbocycles. The number of rotatable bonds is 7. The van der Waals surface area contributed by atoms with Crippen LogP contribution in [0.15, 0.2) is 55.0 Å². The van der Waals surface area contributed by atoms with Crippen molar-refractivity contribution in [1.29, 1.82) is 0 Å². The van der Waals surface area contributed by atoms with Crippen LogP contribution in [0.3, 0.4) is 0 Å². The molecule has 0 aliphatic carbocycles. The Morgan fingerprint density at radius 2 is 2.00 bits per heavy atom. The fraction of sp³-hybridized carbons (Fsp3) is 0.393. The largest absolute Gasteiger partial charge is 0.368 e. The summed E-state index contributed by atoms with van der Waals surface area (Å²) in [5, 5.41) is 14.1. The van der Waals surface area contributed by atoms with Crippen molar-refractivity contribution in [3.8, 4) is 11.1 Å². The van der Waals surface area contributed by atoms with E-state index in [1.807, 2.05) is 46.0 Å². The topological polar surface area (TPSA) is 105 Å². The molecule has 1 atom stereocenters. The first kappa shape index (κ1) is 26.1. The van der Waals surface area contributed by atoms with Gasteiger partial charge in [-0.3, -0.25) is 14.6 Å². The van der Waals surface area contributed by atoms with Crippen LogP contribution in [-0.2, 0) is 16.9 Å². The highest BCUT2D eigenvalue weighted by molar-refractivity contribution is 5.92. The van der Waals surface area contributed by atoms with Crippen LogP contribution in [0.4, 0.5) is 5.69 Å². The molecular weight excluding hydrogens is 466 g/mol. The molecule has 2 aromatic heterocycles. The van der Waals surface area contributed by atoms with Crippen LogP contribution in [0.5, 0.6) is 0 Å². The molecule has 1 aliphatic heterocycles. The molecule has 0 radical (unpaired) electrons. The van der Waals surface area contributed by atoms with Gasteiger partial charge in [0.2, 0.25) is 5.91 Å². The van der Waals surface area contributed by atoms with Gasteiger partial charge >= 0.3 is 0 Å². The van der Waals surface area contributed by atoms with Gasteiger partial charge < -0.3 is 15.5 Å². The van der Waals surface area contributed by atoms with Crippen molar-refractivity contribution >= 4 is 17.5 Å². The number of hydrogen-bond donors (Lipinski definition) is 2. The Kier molecular flexibility index (Phi) is 7.42. The van der Waals surface area contributed by atoms with Crippen molar-refractivity contribution in [3.63, 3.8) is 0 Å². The van der Waals surface area contributed by atoms with Crippen molar-refractivity contribution < 1.29 is 9.59 Å². The summed E-state index contributed by atoms with van der Waals surface area (Å²) in [6.07, 6.45) is 6.22. The highest BCUT2D eigenvalue weighted by atomic mass is 16.2. The van der Waals surface area contributed by atoms with Crippen LogP contribution in [0.1, 0.15) is 55.7 Å². The molecule has 4 rings (SSSR count). The maximum absolute atomic E-state index is 12.6. The molecule has 2 N–H and O–H groups in total. The average Bonchev–Trinajstić information content (AvgIpc) is 3.53. The van der Waals surface area contributed by atoms with Crippen LogP contribution >= 0.6 is 0 Å². The van der Waals surface area contributed by atoms with Crippen molar-refractivity contribution in [1.82, 2.24) is 30.6 Å². The standard InChI is InChI=1S/C28H35N7O2/c1-18(2)26(36)31-22-10-12-34(16-22)25-15-29-11-9-23(25)20-7-8-21(19(3)13-20)14-30-27(37)24-17-35(33-32-24)28(4,5)6/h7-9,11,13,15,17,22H,1,10,12,14,16H2,2-6H3,(H,30,37)(H,31,36). The van der Waals surface area contributed by atoms with Crippen molar-refractivity contribution in [2.24, 2.45) is 0 Å². The predicted octanol–water partition coefficient (Wildman–Crippen LogP) is 3.60. The zero-order chi connectivity index (χ0) is 26.7. The van der Waals surface area contributed by atoms with Crippen LogP contribution in [0.25, 0.3) is 11.1 Å². The van der Waals surface area contributed by atoms with Gasteiger partial charge in [0.05, 0.1) is 23.6 Å². The Labute approximate surface area is 218 Å². The Bertz CT molecular complexity index is 1320. The maximum atomic E-state index is 12.6. The van der Waals surface area contributed by atoms with E-state index in [0.717, 1.165) is 47.5 Å². The fourth-order valence-corrected chi connectivity index (χ4v) is 4.31. The molecule has 1 saturated heterocycles. The number of hydrogen-bond acceptors (Lipinski definition) is 6. The summed E-state index contributed by atoms with van der Waals surface area (Å²) >= 11 is 0. The summed E-state index contributed by atoms with van der Waals surface area (Å²) in [4.78, 5) is 31.3. The number of nitrogens with one attached hydrogen (secondary N) is 2. The monoisotopic (exact) mass is 501 g/mol. The number of aryl methyl sites for hydroxylation is 1. The molecule has 9 heteroatoms. The van der Waals surface area contributed by atoms with E-state index < -0.39 is 0 Å². The Morgan fingerprint density at radius 3 is 2.68 bits per heavy atom. The molecule has 1 unspecified atom stereocenters. The summed E-state index contributed by atoms with van der Waals surface area (Å²) < 4.78 is 1.69. The number of anilines is 1. The van der Waals surface area contributed by atoms with Crippen molar-refractivity contribution in [2.45, 2.75) is 59.2 Å². The predicted molar refractivity (Wildman–Crippen MR) is 144 cm³/mol. The Hall–Kier alpha value is -4.01. The number of aromatic nitrogens is 4. The molecule has 0 spiro atoms. The maximum Gasteiger partial charge on any atom is 0.273 e. The van der Waals surface area contributed by atoms with Gasteiger partial charge in [0.1, 0.15) is 0 Å². The first-order chi connectivity index (χ1) is 17.5. The van der Waals surface area contributed by atoms with E-state index in [4.69, 9.17) is 0 Å². The number of nitrogens with zero attached hydrogens (tertiary/aromatic N) is 5. The number of carbonyl (C=O) groups is 2. The molecule has 9 nitrogen and oxygen atoms in total. The fourth-order valence-electron chi connectivity index (χ4n) is 4.31. The van der Waals surface area contributed by atoms with Gasteiger partial charge in [0.25, 0.3) is 5.91 Å². The average molecular weight is 502 g/mol. The molecule has 3 aromatic rings. The molecule has 1 aromatic carbocycles. The third kappa shape index (κ3) is 6.04. The summed E-state index contributed by atoms with van der Waals surface area (Å²) in [6.45, 7) is 15.5. The number of carbonyl (C=O) groups excluding carboxylic acids is 2. The van der Waals surface area contributed by atoms with E-state index in [1.165, 1.54) is 0 Å². The Balaban J connectivity index is 1.45. The van der Waals surface area contributed by atoms with Gasteiger partial charge in [-0.25, -0.2) is 4.68 Å². The van der Waals surface area contributed by atoms with E-state index in [-0.39, 0.29) is 23.4 Å². The van der Waals surface area contributed by atoms with Crippen LogP contribution in [-0.4, -0.2) is 50.9 Å². The van der Waals surface area contributed by atoms with E-state index in [9.17, 15) is 9.59 Å². The summed E-state index contributed by atoms with van der Waals surface area (Å²) in [5.41, 5.74) is 5.88. The summed E-state index contributed by atoms with van der Waals surface area (Å²) in [7, 11) is 0.